The minimum absolute atomic E-state index is 1.28. The van der Waals surface area contributed by atoms with Gasteiger partial charge in [-0.1, -0.05) is 60.7 Å². The van der Waals surface area contributed by atoms with Crippen molar-refractivity contribution in [3.05, 3.63) is 81.5 Å². The lowest BCUT2D eigenvalue weighted by molar-refractivity contribution is 0.589. The number of hydrogen-bond acceptors (Lipinski definition) is 1. The predicted octanol–water partition coefficient (Wildman–Crippen LogP) is 5.62. The number of benzene rings is 2. The van der Waals surface area contributed by atoms with Crippen LogP contribution in [0.2, 0.25) is 0 Å². The maximum absolute atomic E-state index is 9.95. The van der Waals surface area contributed by atoms with Gasteiger partial charge in [0.05, 0.1) is 0 Å². The Morgan fingerprint density at radius 1 is 0.750 bits per heavy atom. The van der Waals surface area contributed by atoms with Gasteiger partial charge in [-0.15, -0.1) is 0 Å². The first-order valence-corrected chi connectivity index (χ1v) is 6.62. The summed E-state index contributed by atoms with van der Waals surface area (Å²) in [6.07, 6.45) is 0. The van der Waals surface area contributed by atoms with Gasteiger partial charge in [0.1, 0.15) is 0 Å². The maximum Gasteiger partial charge on any atom is 0.584 e. The third kappa shape index (κ3) is 5.67. The van der Waals surface area contributed by atoms with E-state index in [9.17, 15) is 4.57 Å². The molecule has 0 radical (unpaired) electrons. The Morgan fingerprint density at radius 3 is 1.40 bits per heavy atom. The Bertz CT molecular complexity index is 591. The highest BCUT2D eigenvalue weighted by Gasteiger charge is 2.07. The van der Waals surface area contributed by atoms with Crippen LogP contribution in [-0.2, 0) is 4.57 Å². The van der Waals surface area contributed by atoms with Crippen molar-refractivity contribution in [2.45, 2.75) is 0 Å². The molecule has 0 bridgehead atoms. The maximum atomic E-state index is 9.95. The second-order valence-electron chi connectivity index (χ2n) is 3.34. The first-order valence-electron chi connectivity index (χ1n) is 5.45. The highest BCUT2D eigenvalue weighted by atomic mass is 31.1. The van der Waals surface area contributed by atoms with Crippen molar-refractivity contribution in [1.29, 1.82) is 0 Å². The fourth-order valence-corrected chi connectivity index (χ4v) is 1.52. The average Bonchev–Trinajstić information content (AvgIpc) is 2.50. The topological polar surface area (TPSA) is 115 Å². The second-order valence-corrected chi connectivity index (χ2v) is 4.21. The summed E-state index contributed by atoms with van der Waals surface area (Å²) in [7, 11) is -2.41. The highest BCUT2D eigenvalue weighted by molar-refractivity contribution is 7.41. The molecule has 0 aliphatic rings. The van der Waals surface area contributed by atoms with Gasteiger partial charge in [-0.25, -0.2) is 0 Å². The molecule has 0 N–H and O–H groups in total. The van der Waals surface area contributed by atoms with E-state index in [1.807, 2.05) is 12.1 Å². The van der Waals surface area contributed by atoms with Crippen molar-refractivity contribution >= 4 is 8.10 Å². The van der Waals surface area contributed by atoms with Crippen LogP contribution in [0.3, 0.4) is 0 Å². The van der Waals surface area contributed by atoms with E-state index in [4.69, 9.17) is 11.1 Å². The lowest BCUT2D eigenvalue weighted by Gasteiger charge is -1.98. The zero-order valence-electron chi connectivity index (χ0n) is 10.3. The number of rotatable bonds is 3. The van der Waals surface area contributed by atoms with Gasteiger partial charge in [0.2, 0.25) is 0 Å². The van der Waals surface area contributed by atoms with Gasteiger partial charge < -0.3 is 0 Å². The molecule has 2 aromatic rings. The summed E-state index contributed by atoms with van der Waals surface area (Å²) in [6, 6.07) is 20.8. The molecule has 0 amide bonds. The van der Waals surface area contributed by atoms with E-state index in [0.29, 0.717) is 0 Å². The Balaban J connectivity index is 0.000000221. The molecular formula is C12H10N6OP+. The summed E-state index contributed by atoms with van der Waals surface area (Å²) in [5, 5.41) is 0. The summed E-state index contributed by atoms with van der Waals surface area (Å²) in [5.41, 5.74) is 17.7. The Kier molecular flexibility index (Phi) is 6.95. The predicted molar refractivity (Wildman–Crippen MR) is 77.8 cm³/mol. The molecule has 20 heavy (non-hydrogen) atoms. The molecular weight excluding hydrogens is 275 g/mol. The molecule has 0 atom stereocenters. The summed E-state index contributed by atoms with van der Waals surface area (Å²) in [6.45, 7) is 0. The lowest BCUT2D eigenvalue weighted by Crippen LogP contribution is -1.73. The van der Waals surface area contributed by atoms with Crippen LogP contribution in [0, 0.1) is 0 Å². The minimum atomic E-state index is -2.41. The van der Waals surface area contributed by atoms with E-state index < -0.39 is 8.10 Å². The molecule has 0 aromatic heterocycles. The molecule has 0 fully saturated rings. The standard InChI is InChI=1S/C12H10.N6OP/c1-3-7-11(8-4-1)12-9-5-2-6-10-12;1-3-5-8(7)6-4-2/h1-10H;/q;+1. The molecule has 0 aliphatic carbocycles. The quantitative estimate of drug-likeness (QED) is 0.309. The number of hydrogen-bond donors (Lipinski definition) is 0. The van der Waals surface area contributed by atoms with Crippen molar-refractivity contribution in [3.63, 3.8) is 0 Å². The van der Waals surface area contributed by atoms with Gasteiger partial charge in [-0.3, -0.25) is 0 Å². The van der Waals surface area contributed by atoms with Crippen molar-refractivity contribution in [1.82, 2.24) is 0 Å². The highest BCUT2D eigenvalue weighted by Crippen LogP contribution is 2.23. The first kappa shape index (κ1) is 15.2. The molecule has 2 rings (SSSR count). The van der Waals surface area contributed by atoms with Crippen LogP contribution in [0.25, 0.3) is 32.0 Å². The Labute approximate surface area is 116 Å². The van der Waals surface area contributed by atoms with Gasteiger partial charge in [0, 0.05) is 20.9 Å². The lowest BCUT2D eigenvalue weighted by atomic mass is 10.1. The monoisotopic (exact) mass is 285 g/mol. The molecule has 98 valence electrons. The molecule has 2 aromatic carbocycles. The summed E-state index contributed by atoms with van der Waals surface area (Å²) >= 11 is 0. The van der Waals surface area contributed by atoms with E-state index in [-0.39, 0.29) is 0 Å². The van der Waals surface area contributed by atoms with Crippen molar-refractivity contribution in [3.8, 4) is 11.1 Å². The van der Waals surface area contributed by atoms with E-state index in [0.717, 1.165) is 0 Å². The van der Waals surface area contributed by atoms with Crippen LogP contribution >= 0.6 is 8.10 Å². The molecule has 0 aliphatic heterocycles. The van der Waals surface area contributed by atoms with Gasteiger partial charge in [0.25, 0.3) is 0 Å². The van der Waals surface area contributed by atoms with E-state index in [2.05, 4.69) is 68.1 Å². The molecule has 0 spiro atoms. The zero-order valence-corrected chi connectivity index (χ0v) is 11.2. The van der Waals surface area contributed by atoms with Crippen LogP contribution in [0.15, 0.2) is 70.4 Å². The molecule has 0 heterocycles. The zero-order chi connectivity index (χ0) is 14.6. The Hall–Kier alpha value is -2.84. The van der Waals surface area contributed by atoms with E-state index >= 15 is 0 Å². The van der Waals surface area contributed by atoms with E-state index in [1.54, 1.807) is 0 Å². The molecule has 8 heteroatoms. The van der Waals surface area contributed by atoms with Crippen LogP contribution in [0.1, 0.15) is 0 Å². The van der Waals surface area contributed by atoms with Gasteiger partial charge >= 0.3 is 8.10 Å². The van der Waals surface area contributed by atoms with Crippen molar-refractivity contribution in [2.75, 3.05) is 0 Å². The normalized spacial score (nSPS) is 9.10. The molecule has 0 saturated carbocycles. The van der Waals surface area contributed by atoms with Crippen molar-refractivity contribution < 1.29 is 4.57 Å². The van der Waals surface area contributed by atoms with E-state index in [1.165, 1.54) is 11.1 Å². The summed E-state index contributed by atoms with van der Waals surface area (Å²) in [4.78, 5) is 9.43. The third-order valence-electron chi connectivity index (χ3n) is 2.11. The average molecular weight is 285 g/mol. The second kappa shape index (κ2) is 9.14. The smallest absolute Gasteiger partial charge is 0.0622 e. The fourth-order valence-electron chi connectivity index (χ4n) is 1.35. The van der Waals surface area contributed by atoms with Crippen LogP contribution in [0.4, 0.5) is 0 Å². The first-order chi connectivity index (χ1) is 9.77. The van der Waals surface area contributed by atoms with Crippen LogP contribution in [-0.4, -0.2) is 0 Å². The number of nitrogens with zero attached hydrogens (tertiary/aromatic N) is 6. The van der Waals surface area contributed by atoms with Gasteiger partial charge in [-0.05, 0) is 15.7 Å². The Morgan fingerprint density at radius 2 is 1.10 bits per heavy atom. The summed E-state index contributed by atoms with van der Waals surface area (Å²) < 4.78 is 9.95. The third-order valence-corrected chi connectivity index (χ3v) is 2.58. The fraction of sp³-hybridized carbons (Fsp3) is 0. The van der Waals surface area contributed by atoms with Crippen LogP contribution in [0.5, 0.6) is 0 Å². The number of azide groups is 1. The molecule has 0 saturated heterocycles. The van der Waals surface area contributed by atoms with Gasteiger partial charge in [-0.2, -0.15) is 0 Å². The van der Waals surface area contributed by atoms with Crippen LogP contribution < -0.4 is 0 Å². The minimum Gasteiger partial charge on any atom is -0.0622 e. The molecule has 7 nitrogen and oxygen atoms in total. The largest absolute Gasteiger partial charge is 0.584 e. The summed E-state index contributed by atoms with van der Waals surface area (Å²) in [5.74, 6) is 0. The molecule has 0 unspecified atom stereocenters. The SMILES string of the molecule is [N-]=[N+]=N[P+](=O)N=[N+]=[N-].c1ccc(-c2ccccc2)cc1. The van der Waals surface area contributed by atoms with Crippen molar-refractivity contribution in [2.24, 2.45) is 9.77 Å². The van der Waals surface area contributed by atoms with Gasteiger partial charge in [0.15, 0.2) is 9.77 Å².